The molecule has 3 aromatic carbocycles. The van der Waals surface area contributed by atoms with Gasteiger partial charge in [-0.05, 0) is 35.1 Å². The maximum absolute atomic E-state index is 12.5. The molecule has 5 heteroatoms. The maximum atomic E-state index is 12.5. The number of nitrogens with one attached hydrogen (secondary N) is 1. The number of ether oxygens (including phenoxy) is 2. The second kappa shape index (κ2) is 8.57. The number of anilines is 1. The number of benzene rings is 3. The first kappa shape index (κ1) is 19.4. The Morgan fingerprint density at radius 2 is 1.61 bits per heavy atom. The third kappa shape index (κ3) is 4.14. The molecule has 28 heavy (non-hydrogen) atoms. The molecule has 0 radical (unpaired) electrons. The predicted octanol–water partition coefficient (Wildman–Crippen LogP) is 4.77. The second-order valence-corrected chi connectivity index (χ2v) is 6.73. The Morgan fingerprint density at radius 3 is 2.32 bits per heavy atom. The Labute approximate surface area is 164 Å². The van der Waals surface area contributed by atoms with E-state index in [4.69, 9.17) is 9.47 Å². The van der Waals surface area contributed by atoms with Crippen molar-refractivity contribution in [3.05, 3.63) is 71.8 Å². The second-order valence-electron chi connectivity index (χ2n) is 6.73. The number of esters is 1. The van der Waals surface area contributed by atoms with Crippen LogP contribution in [-0.2, 0) is 9.53 Å². The molecule has 0 bridgehead atoms. The molecular formula is C23H23NO4. The molecule has 0 aliphatic rings. The van der Waals surface area contributed by atoms with E-state index in [1.165, 1.54) is 0 Å². The van der Waals surface area contributed by atoms with Gasteiger partial charge >= 0.3 is 5.97 Å². The molecule has 0 fully saturated rings. The first-order valence-corrected chi connectivity index (χ1v) is 9.13. The summed E-state index contributed by atoms with van der Waals surface area (Å²) in [5, 5.41) is 4.35. The van der Waals surface area contributed by atoms with Crippen molar-refractivity contribution in [2.45, 2.75) is 19.8 Å². The van der Waals surface area contributed by atoms with E-state index >= 15 is 0 Å². The number of hydrogen-bond donors (Lipinski definition) is 1. The predicted molar refractivity (Wildman–Crippen MR) is 110 cm³/mol. The molecule has 0 aromatic heterocycles. The lowest BCUT2D eigenvalue weighted by Gasteiger charge is -2.14. The average molecular weight is 377 g/mol. The molecule has 3 aromatic rings. The van der Waals surface area contributed by atoms with Gasteiger partial charge in [0, 0.05) is 11.1 Å². The third-order valence-corrected chi connectivity index (χ3v) is 4.52. The zero-order valence-electron chi connectivity index (χ0n) is 16.2. The van der Waals surface area contributed by atoms with Crippen molar-refractivity contribution in [2.24, 2.45) is 0 Å². The van der Waals surface area contributed by atoms with E-state index in [2.05, 4.69) is 19.2 Å². The molecule has 0 atom stereocenters. The van der Waals surface area contributed by atoms with E-state index < -0.39 is 5.97 Å². The van der Waals surface area contributed by atoms with Crippen molar-refractivity contribution >= 4 is 28.3 Å². The van der Waals surface area contributed by atoms with Crippen LogP contribution in [0.2, 0.25) is 0 Å². The number of amides is 1. The van der Waals surface area contributed by atoms with Crippen LogP contribution in [0.1, 0.15) is 35.7 Å². The maximum Gasteiger partial charge on any atom is 0.339 e. The largest absolute Gasteiger partial charge is 0.496 e. The van der Waals surface area contributed by atoms with Gasteiger partial charge in [0.2, 0.25) is 0 Å². The van der Waals surface area contributed by atoms with Crippen molar-refractivity contribution in [3.63, 3.8) is 0 Å². The summed E-state index contributed by atoms with van der Waals surface area (Å²) < 4.78 is 10.6. The number of rotatable bonds is 6. The van der Waals surface area contributed by atoms with E-state index in [0.29, 0.717) is 11.3 Å². The topological polar surface area (TPSA) is 64.6 Å². The van der Waals surface area contributed by atoms with Crippen LogP contribution in [0.4, 0.5) is 5.69 Å². The summed E-state index contributed by atoms with van der Waals surface area (Å²) >= 11 is 0. The highest BCUT2D eigenvalue weighted by Crippen LogP contribution is 2.29. The first-order valence-electron chi connectivity index (χ1n) is 9.13. The normalized spacial score (nSPS) is 10.7. The summed E-state index contributed by atoms with van der Waals surface area (Å²) in [6.45, 7) is 3.76. The molecule has 0 saturated carbocycles. The van der Waals surface area contributed by atoms with Crippen molar-refractivity contribution < 1.29 is 19.1 Å². The Balaban J connectivity index is 1.71. The SMILES string of the molecule is COc1ccc(C(=O)OCC(=O)Nc2ccccc2C(C)C)c2ccccc12. The monoisotopic (exact) mass is 377 g/mol. The Kier molecular flexibility index (Phi) is 5.94. The fourth-order valence-electron chi connectivity index (χ4n) is 3.14. The third-order valence-electron chi connectivity index (χ3n) is 4.52. The zero-order chi connectivity index (χ0) is 20.1. The van der Waals surface area contributed by atoms with Gasteiger partial charge < -0.3 is 14.8 Å². The quantitative estimate of drug-likeness (QED) is 0.629. The van der Waals surface area contributed by atoms with E-state index in [-0.39, 0.29) is 18.4 Å². The van der Waals surface area contributed by atoms with E-state index in [1.807, 2.05) is 48.5 Å². The van der Waals surface area contributed by atoms with Crippen LogP contribution in [0.25, 0.3) is 10.8 Å². The molecule has 0 spiro atoms. The Morgan fingerprint density at radius 1 is 0.929 bits per heavy atom. The molecular weight excluding hydrogens is 354 g/mol. The van der Waals surface area contributed by atoms with Gasteiger partial charge in [0.25, 0.3) is 5.91 Å². The van der Waals surface area contributed by atoms with Crippen molar-refractivity contribution in [3.8, 4) is 5.75 Å². The first-order chi connectivity index (χ1) is 13.5. The van der Waals surface area contributed by atoms with Crippen LogP contribution in [0, 0.1) is 0 Å². The van der Waals surface area contributed by atoms with Gasteiger partial charge in [-0.2, -0.15) is 0 Å². The lowest BCUT2D eigenvalue weighted by atomic mass is 10.0. The molecule has 5 nitrogen and oxygen atoms in total. The number of hydrogen-bond acceptors (Lipinski definition) is 4. The van der Waals surface area contributed by atoms with Gasteiger partial charge in [0.1, 0.15) is 5.75 Å². The van der Waals surface area contributed by atoms with E-state index in [9.17, 15) is 9.59 Å². The van der Waals surface area contributed by atoms with Gasteiger partial charge in [-0.25, -0.2) is 4.79 Å². The smallest absolute Gasteiger partial charge is 0.339 e. The highest BCUT2D eigenvalue weighted by molar-refractivity contribution is 6.07. The van der Waals surface area contributed by atoms with Crippen molar-refractivity contribution in [1.29, 1.82) is 0 Å². The van der Waals surface area contributed by atoms with E-state index in [1.54, 1.807) is 19.2 Å². The summed E-state index contributed by atoms with van der Waals surface area (Å²) in [5.74, 6) is 0.0188. The Bertz CT molecular complexity index is 1010. The minimum absolute atomic E-state index is 0.268. The molecule has 144 valence electrons. The number of para-hydroxylation sites is 1. The molecule has 0 heterocycles. The minimum Gasteiger partial charge on any atom is -0.496 e. The summed E-state index contributed by atoms with van der Waals surface area (Å²) in [5.41, 5.74) is 2.16. The number of carbonyl (C=O) groups is 2. The van der Waals surface area contributed by atoms with Crippen LogP contribution in [0.3, 0.4) is 0 Å². The number of carbonyl (C=O) groups excluding carboxylic acids is 2. The van der Waals surface area contributed by atoms with Crippen LogP contribution in [0.5, 0.6) is 5.75 Å². The van der Waals surface area contributed by atoms with Crippen LogP contribution >= 0.6 is 0 Å². The lowest BCUT2D eigenvalue weighted by molar-refractivity contribution is -0.119. The summed E-state index contributed by atoms with van der Waals surface area (Å²) in [6.07, 6.45) is 0. The molecule has 0 unspecified atom stereocenters. The van der Waals surface area contributed by atoms with Gasteiger partial charge in [0.05, 0.1) is 12.7 Å². The van der Waals surface area contributed by atoms with Gasteiger partial charge in [-0.15, -0.1) is 0 Å². The number of fused-ring (bicyclic) bond motifs is 1. The highest BCUT2D eigenvalue weighted by Gasteiger charge is 2.16. The van der Waals surface area contributed by atoms with Crippen LogP contribution < -0.4 is 10.1 Å². The fourth-order valence-corrected chi connectivity index (χ4v) is 3.14. The standard InChI is InChI=1S/C23H23NO4/c1-15(2)16-8-6-7-11-20(16)24-22(25)14-28-23(26)19-12-13-21(27-3)18-10-5-4-9-17(18)19/h4-13,15H,14H2,1-3H3,(H,24,25). The summed E-state index contributed by atoms with van der Waals surface area (Å²) in [7, 11) is 1.58. The number of methoxy groups -OCH3 is 1. The summed E-state index contributed by atoms with van der Waals surface area (Å²) in [6, 6.07) is 18.4. The summed E-state index contributed by atoms with van der Waals surface area (Å²) in [4.78, 5) is 24.8. The van der Waals surface area contributed by atoms with Gasteiger partial charge in [0.15, 0.2) is 6.61 Å². The van der Waals surface area contributed by atoms with Crippen LogP contribution in [-0.4, -0.2) is 25.6 Å². The highest BCUT2D eigenvalue weighted by atomic mass is 16.5. The molecule has 3 rings (SSSR count). The lowest BCUT2D eigenvalue weighted by Crippen LogP contribution is -2.21. The van der Waals surface area contributed by atoms with Gasteiger partial charge in [-0.3, -0.25) is 4.79 Å². The Hall–Kier alpha value is -3.34. The fraction of sp³-hybridized carbons (Fsp3) is 0.217. The molecule has 0 saturated heterocycles. The zero-order valence-corrected chi connectivity index (χ0v) is 16.2. The molecule has 0 aliphatic heterocycles. The average Bonchev–Trinajstić information content (AvgIpc) is 2.71. The van der Waals surface area contributed by atoms with Crippen LogP contribution in [0.15, 0.2) is 60.7 Å². The van der Waals surface area contributed by atoms with E-state index in [0.717, 1.165) is 22.0 Å². The van der Waals surface area contributed by atoms with Gasteiger partial charge in [-0.1, -0.05) is 56.3 Å². The molecule has 1 N–H and O–H groups in total. The van der Waals surface area contributed by atoms with Crippen molar-refractivity contribution in [1.82, 2.24) is 0 Å². The molecule has 0 aliphatic carbocycles. The van der Waals surface area contributed by atoms with Crippen molar-refractivity contribution in [2.75, 3.05) is 19.0 Å². The minimum atomic E-state index is -0.550. The molecule has 1 amide bonds.